The van der Waals surface area contributed by atoms with Crippen molar-refractivity contribution in [1.29, 1.82) is 0 Å². The molecule has 0 aromatic heterocycles. The van der Waals surface area contributed by atoms with Crippen LogP contribution in [-0.4, -0.2) is 18.4 Å². The van der Waals surface area contributed by atoms with E-state index in [0.717, 1.165) is 0 Å². The summed E-state index contributed by atoms with van der Waals surface area (Å²) >= 11 is 0. The Kier molecular flexibility index (Phi) is 3.20. The number of rotatable bonds is 2. The second kappa shape index (κ2) is 3.72. The van der Waals surface area contributed by atoms with Crippen LogP contribution in [0.4, 0.5) is 0 Å². The van der Waals surface area contributed by atoms with Gasteiger partial charge in [0, 0.05) is 25.0 Å². The van der Waals surface area contributed by atoms with Crippen LogP contribution in [0, 0.1) is 0 Å². The molecule has 3 nitrogen and oxygen atoms in total. The summed E-state index contributed by atoms with van der Waals surface area (Å²) in [5, 5.41) is 8.71. The van der Waals surface area contributed by atoms with Gasteiger partial charge in [-0.15, -0.1) is 0 Å². The molecule has 50 valence electrons. The second-order valence-corrected chi connectivity index (χ2v) is 1.46. The highest BCUT2D eigenvalue weighted by atomic mass is 16.3. The van der Waals surface area contributed by atoms with Crippen LogP contribution in [0.15, 0.2) is 29.1 Å². The van der Waals surface area contributed by atoms with Gasteiger partial charge in [0.2, 0.25) is 0 Å². The summed E-state index contributed by atoms with van der Waals surface area (Å²) in [5.41, 5.74) is 5.53. The Labute approximate surface area is 54.2 Å². The molecule has 0 aliphatic rings. The first-order valence-electron chi connectivity index (χ1n) is 2.44. The van der Waals surface area contributed by atoms with E-state index in [4.69, 9.17) is 10.8 Å². The standard InChI is InChI=1S/C6H10N2O/c1-5(9)6(3-7)4-8-2/h3-4,9H,1,7H2,2H3/b6-3+,8-4?. The molecule has 0 radical (unpaired) electrons. The summed E-state index contributed by atoms with van der Waals surface area (Å²) in [4.78, 5) is 3.63. The summed E-state index contributed by atoms with van der Waals surface area (Å²) < 4.78 is 0. The minimum absolute atomic E-state index is 0.0666. The van der Waals surface area contributed by atoms with Gasteiger partial charge in [0.05, 0.1) is 0 Å². The molecule has 0 aromatic rings. The lowest BCUT2D eigenvalue weighted by Crippen LogP contribution is -1.93. The Morgan fingerprint density at radius 3 is 2.44 bits per heavy atom. The average Bonchev–Trinajstić information content (AvgIpc) is 1.82. The predicted molar refractivity (Wildman–Crippen MR) is 38.5 cm³/mol. The van der Waals surface area contributed by atoms with Crippen molar-refractivity contribution >= 4 is 6.21 Å². The summed E-state index contributed by atoms with van der Waals surface area (Å²) in [6, 6.07) is 0. The quantitative estimate of drug-likeness (QED) is 0.323. The van der Waals surface area contributed by atoms with Crippen molar-refractivity contribution in [2.45, 2.75) is 0 Å². The van der Waals surface area contributed by atoms with Crippen molar-refractivity contribution in [3.8, 4) is 0 Å². The molecule has 0 heterocycles. The first-order valence-corrected chi connectivity index (χ1v) is 2.44. The molecule has 3 heteroatoms. The average molecular weight is 126 g/mol. The molecule has 0 unspecified atom stereocenters. The topological polar surface area (TPSA) is 58.6 Å². The third-order valence-corrected chi connectivity index (χ3v) is 0.781. The van der Waals surface area contributed by atoms with Crippen molar-refractivity contribution in [3.05, 3.63) is 24.1 Å². The molecule has 0 amide bonds. The highest BCUT2D eigenvalue weighted by molar-refractivity contribution is 5.82. The first kappa shape index (κ1) is 7.75. The molecular formula is C6H10N2O. The molecule has 0 saturated heterocycles. The van der Waals surface area contributed by atoms with Crippen molar-refractivity contribution in [2.24, 2.45) is 10.7 Å². The van der Waals surface area contributed by atoms with E-state index < -0.39 is 0 Å². The molecule has 0 spiro atoms. The Hall–Kier alpha value is -1.25. The molecule has 0 fully saturated rings. The molecule has 0 saturated carbocycles. The molecule has 9 heavy (non-hydrogen) atoms. The van der Waals surface area contributed by atoms with E-state index in [1.807, 2.05) is 0 Å². The van der Waals surface area contributed by atoms with Crippen LogP contribution in [0.25, 0.3) is 0 Å². The molecule has 0 aliphatic heterocycles. The number of aliphatic hydroxyl groups is 1. The first-order chi connectivity index (χ1) is 4.22. The van der Waals surface area contributed by atoms with E-state index in [9.17, 15) is 0 Å². The van der Waals surface area contributed by atoms with Gasteiger partial charge in [0.15, 0.2) is 0 Å². The molecule has 3 N–H and O–H groups in total. The Balaban J connectivity index is 4.19. The number of nitrogens with zero attached hydrogens (tertiary/aromatic N) is 1. The zero-order chi connectivity index (χ0) is 7.28. The maximum Gasteiger partial charge on any atom is 0.118 e. The van der Waals surface area contributed by atoms with Crippen LogP contribution >= 0.6 is 0 Å². The van der Waals surface area contributed by atoms with Gasteiger partial charge in [0.25, 0.3) is 0 Å². The summed E-state index contributed by atoms with van der Waals surface area (Å²) in [5.74, 6) is -0.0666. The number of allylic oxidation sites excluding steroid dienone is 1. The summed E-state index contributed by atoms with van der Waals surface area (Å²) in [7, 11) is 1.59. The largest absolute Gasteiger partial charge is 0.508 e. The van der Waals surface area contributed by atoms with Crippen LogP contribution in [0.3, 0.4) is 0 Å². The van der Waals surface area contributed by atoms with Gasteiger partial charge >= 0.3 is 0 Å². The minimum atomic E-state index is -0.0666. The van der Waals surface area contributed by atoms with E-state index in [-0.39, 0.29) is 5.76 Å². The monoisotopic (exact) mass is 126 g/mol. The van der Waals surface area contributed by atoms with E-state index >= 15 is 0 Å². The summed E-state index contributed by atoms with van der Waals surface area (Å²) in [6.07, 6.45) is 2.68. The smallest absolute Gasteiger partial charge is 0.118 e. The fourth-order valence-corrected chi connectivity index (χ4v) is 0.353. The van der Waals surface area contributed by atoms with Gasteiger partial charge in [-0.1, -0.05) is 6.58 Å². The van der Waals surface area contributed by atoms with Gasteiger partial charge in [-0.2, -0.15) is 0 Å². The molecule has 0 rings (SSSR count). The summed E-state index contributed by atoms with van der Waals surface area (Å²) in [6.45, 7) is 3.26. The fourth-order valence-electron chi connectivity index (χ4n) is 0.353. The zero-order valence-corrected chi connectivity index (χ0v) is 5.33. The Morgan fingerprint density at radius 2 is 2.33 bits per heavy atom. The lowest BCUT2D eigenvalue weighted by molar-refractivity contribution is 0.431. The predicted octanol–water partition coefficient (Wildman–Crippen LogP) is 0.601. The van der Waals surface area contributed by atoms with Gasteiger partial charge in [0.1, 0.15) is 5.76 Å². The van der Waals surface area contributed by atoms with Crippen molar-refractivity contribution in [2.75, 3.05) is 7.05 Å². The molecular weight excluding hydrogens is 116 g/mol. The highest BCUT2D eigenvalue weighted by Crippen LogP contribution is 1.96. The third-order valence-electron chi connectivity index (χ3n) is 0.781. The fraction of sp³-hybridized carbons (Fsp3) is 0.167. The van der Waals surface area contributed by atoms with E-state index in [1.165, 1.54) is 12.4 Å². The van der Waals surface area contributed by atoms with Gasteiger partial charge in [-0.25, -0.2) is 0 Å². The van der Waals surface area contributed by atoms with Gasteiger partial charge in [-0.3, -0.25) is 4.99 Å². The molecule has 0 aliphatic carbocycles. The van der Waals surface area contributed by atoms with Crippen LogP contribution in [0.5, 0.6) is 0 Å². The van der Waals surface area contributed by atoms with Gasteiger partial charge in [-0.05, 0) is 0 Å². The molecule has 0 bridgehead atoms. The van der Waals surface area contributed by atoms with E-state index in [0.29, 0.717) is 5.57 Å². The van der Waals surface area contributed by atoms with Crippen LogP contribution < -0.4 is 5.73 Å². The maximum atomic E-state index is 8.71. The highest BCUT2D eigenvalue weighted by Gasteiger charge is 1.91. The van der Waals surface area contributed by atoms with Crippen LogP contribution in [0.1, 0.15) is 0 Å². The van der Waals surface area contributed by atoms with Crippen molar-refractivity contribution in [1.82, 2.24) is 0 Å². The van der Waals surface area contributed by atoms with E-state index in [2.05, 4.69) is 11.6 Å². The second-order valence-electron chi connectivity index (χ2n) is 1.46. The SMILES string of the molecule is C=C(O)/C(C=NC)=C/N. The number of hydrogen-bond acceptors (Lipinski definition) is 3. The normalized spacial score (nSPS) is 12.3. The lowest BCUT2D eigenvalue weighted by atomic mass is 10.3. The molecule has 0 aromatic carbocycles. The van der Waals surface area contributed by atoms with Crippen LogP contribution in [-0.2, 0) is 0 Å². The van der Waals surface area contributed by atoms with Gasteiger partial charge < -0.3 is 10.8 Å². The number of aliphatic hydroxyl groups excluding tert-OH is 1. The third kappa shape index (κ3) is 2.54. The Morgan fingerprint density at radius 1 is 1.78 bits per heavy atom. The number of hydrogen-bond donors (Lipinski definition) is 2. The van der Waals surface area contributed by atoms with Crippen molar-refractivity contribution in [3.63, 3.8) is 0 Å². The Bertz CT molecular complexity index is 158. The minimum Gasteiger partial charge on any atom is -0.508 e. The van der Waals surface area contributed by atoms with E-state index in [1.54, 1.807) is 7.05 Å². The maximum absolute atomic E-state index is 8.71. The number of nitrogens with two attached hydrogens (primary N) is 1. The zero-order valence-electron chi connectivity index (χ0n) is 5.33. The van der Waals surface area contributed by atoms with Crippen molar-refractivity contribution < 1.29 is 5.11 Å². The van der Waals surface area contributed by atoms with Crippen LogP contribution in [0.2, 0.25) is 0 Å². The lowest BCUT2D eigenvalue weighted by Gasteiger charge is -1.93. The number of aliphatic imine (C=N–C) groups is 1. The molecule has 0 atom stereocenters.